The van der Waals surface area contributed by atoms with Crippen molar-refractivity contribution in [2.75, 3.05) is 0 Å². The van der Waals surface area contributed by atoms with Crippen LogP contribution < -0.4 is 11.1 Å². The number of halogens is 2. The lowest BCUT2D eigenvalue weighted by Gasteiger charge is -2.30. The van der Waals surface area contributed by atoms with Gasteiger partial charge in [-0.15, -0.1) is 0 Å². The summed E-state index contributed by atoms with van der Waals surface area (Å²) in [5.74, 6) is -1.90. The molecule has 2 rings (SSSR count). The van der Waals surface area contributed by atoms with Crippen LogP contribution in [0.25, 0.3) is 0 Å². The molecular weight excluding hydrogens is 262 g/mol. The van der Waals surface area contributed by atoms with Gasteiger partial charge in [-0.2, -0.15) is 0 Å². The van der Waals surface area contributed by atoms with Crippen LogP contribution in [0.1, 0.15) is 44.2 Å². The molecule has 0 saturated heterocycles. The molecule has 0 spiro atoms. The lowest BCUT2D eigenvalue weighted by atomic mass is 9.85. The summed E-state index contributed by atoms with van der Waals surface area (Å²) < 4.78 is 26.1. The standard InChI is InChI=1S/C15H20F2N2O/c1-9(11-4-7-13(16)14(17)8-11)19-12-5-2-10(3-6-12)15(18)20/h4,7-10,12,19H,2-3,5-6H2,1H3,(H2,18,20). The maximum absolute atomic E-state index is 13.2. The molecule has 1 aromatic rings. The molecule has 1 saturated carbocycles. The van der Waals surface area contributed by atoms with Gasteiger partial charge in [0.2, 0.25) is 5.91 Å². The Morgan fingerprint density at radius 2 is 1.90 bits per heavy atom. The van der Waals surface area contributed by atoms with Crippen molar-refractivity contribution < 1.29 is 13.6 Å². The van der Waals surface area contributed by atoms with Gasteiger partial charge in [0, 0.05) is 18.0 Å². The van der Waals surface area contributed by atoms with Crippen LogP contribution in [-0.2, 0) is 4.79 Å². The van der Waals surface area contributed by atoms with Crippen molar-refractivity contribution in [3.63, 3.8) is 0 Å². The van der Waals surface area contributed by atoms with Gasteiger partial charge in [0.25, 0.3) is 0 Å². The largest absolute Gasteiger partial charge is 0.369 e. The lowest BCUT2D eigenvalue weighted by molar-refractivity contribution is -0.122. The van der Waals surface area contributed by atoms with E-state index < -0.39 is 11.6 Å². The minimum absolute atomic E-state index is 0.0216. The summed E-state index contributed by atoms with van der Waals surface area (Å²) in [6, 6.07) is 4.19. The molecule has 0 bridgehead atoms. The van der Waals surface area contributed by atoms with Crippen LogP contribution in [0.4, 0.5) is 8.78 Å². The molecule has 1 fully saturated rings. The molecule has 0 aliphatic heterocycles. The summed E-state index contributed by atoms with van der Waals surface area (Å²) in [7, 11) is 0. The van der Waals surface area contributed by atoms with Gasteiger partial charge < -0.3 is 11.1 Å². The number of carbonyl (C=O) groups is 1. The van der Waals surface area contributed by atoms with Gasteiger partial charge in [-0.1, -0.05) is 6.07 Å². The average molecular weight is 282 g/mol. The highest BCUT2D eigenvalue weighted by Crippen LogP contribution is 2.26. The van der Waals surface area contributed by atoms with Crippen LogP contribution in [0.2, 0.25) is 0 Å². The first-order chi connectivity index (χ1) is 9.47. The molecule has 0 heterocycles. The summed E-state index contributed by atoms with van der Waals surface area (Å²) in [6.45, 7) is 1.92. The summed E-state index contributed by atoms with van der Waals surface area (Å²) >= 11 is 0. The third-order valence-corrected chi connectivity index (χ3v) is 4.06. The molecule has 0 aromatic heterocycles. The molecule has 110 valence electrons. The Morgan fingerprint density at radius 1 is 1.25 bits per heavy atom. The van der Waals surface area contributed by atoms with Crippen LogP contribution in [0, 0.1) is 17.6 Å². The zero-order chi connectivity index (χ0) is 14.7. The molecular formula is C15H20F2N2O. The SMILES string of the molecule is CC(NC1CCC(C(N)=O)CC1)c1ccc(F)c(F)c1. The zero-order valence-corrected chi connectivity index (χ0v) is 11.5. The Balaban J connectivity index is 1.90. The van der Waals surface area contributed by atoms with Gasteiger partial charge in [-0.25, -0.2) is 8.78 Å². The van der Waals surface area contributed by atoms with E-state index in [4.69, 9.17) is 5.73 Å². The molecule has 1 aliphatic carbocycles. The maximum Gasteiger partial charge on any atom is 0.220 e. The first-order valence-corrected chi connectivity index (χ1v) is 6.97. The first kappa shape index (κ1) is 14.9. The normalized spacial score (nSPS) is 24.4. The van der Waals surface area contributed by atoms with Crippen LogP contribution in [0.15, 0.2) is 18.2 Å². The van der Waals surface area contributed by atoms with Crippen LogP contribution in [0.5, 0.6) is 0 Å². The quantitative estimate of drug-likeness (QED) is 0.892. The zero-order valence-electron chi connectivity index (χ0n) is 11.5. The Bertz CT molecular complexity index is 485. The molecule has 5 heteroatoms. The second-order valence-electron chi connectivity index (χ2n) is 5.51. The second-order valence-corrected chi connectivity index (χ2v) is 5.51. The molecule has 20 heavy (non-hydrogen) atoms. The molecule has 3 N–H and O–H groups in total. The number of benzene rings is 1. The predicted octanol–water partition coefficient (Wildman–Crippen LogP) is 2.66. The highest BCUT2D eigenvalue weighted by atomic mass is 19.2. The van der Waals surface area contributed by atoms with Crippen molar-refractivity contribution >= 4 is 5.91 Å². The third kappa shape index (κ3) is 3.54. The summed E-state index contributed by atoms with van der Waals surface area (Å²) in [6.07, 6.45) is 3.33. The first-order valence-electron chi connectivity index (χ1n) is 6.97. The Kier molecular flexibility index (Phi) is 4.70. The van der Waals surface area contributed by atoms with E-state index >= 15 is 0 Å². The minimum atomic E-state index is -0.831. The van der Waals surface area contributed by atoms with Crippen molar-refractivity contribution in [2.24, 2.45) is 11.7 Å². The number of nitrogens with two attached hydrogens (primary N) is 1. The Hall–Kier alpha value is -1.49. The summed E-state index contributed by atoms with van der Waals surface area (Å²) in [5.41, 5.74) is 6.02. The van der Waals surface area contributed by atoms with Gasteiger partial charge >= 0.3 is 0 Å². The lowest BCUT2D eigenvalue weighted by Crippen LogP contribution is -2.37. The predicted molar refractivity (Wildman–Crippen MR) is 72.8 cm³/mol. The number of amides is 1. The summed E-state index contributed by atoms with van der Waals surface area (Å²) in [4.78, 5) is 11.1. The van der Waals surface area contributed by atoms with E-state index in [1.807, 2.05) is 6.92 Å². The number of hydrogen-bond donors (Lipinski definition) is 2. The molecule has 0 radical (unpaired) electrons. The average Bonchev–Trinajstić information content (AvgIpc) is 2.42. The topological polar surface area (TPSA) is 55.1 Å². The Labute approximate surface area is 117 Å². The van der Waals surface area contributed by atoms with E-state index in [2.05, 4.69) is 5.32 Å². The highest BCUT2D eigenvalue weighted by Gasteiger charge is 2.25. The number of hydrogen-bond acceptors (Lipinski definition) is 2. The molecule has 1 unspecified atom stereocenters. The molecule has 1 aliphatic rings. The van der Waals surface area contributed by atoms with Crippen molar-refractivity contribution in [1.29, 1.82) is 0 Å². The van der Waals surface area contributed by atoms with Gasteiger partial charge in [-0.05, 0) is 50.3 Å². The van der Waals surface area contributed by atoms with Crippen LogP contribution >= 0.6 is 0 Å². The minimum Gasteiger partial charge on any atom is -0.369 e. The maximum atomic E-state index is 13.2. The number of carbonyl (C=O) groups excluding carboxylic acids is 1. The summed E-state index contributed by atoms with van der Waals surface area (Å²) in [5, 5.41) is 3.40. The van der Waals surface area contributed by atoms with E-state index in [9.17, 15) is 13.6 Å². The van der Waals surface area contributed by atoms with Crippen LogP contribution in [-0.4, -0.2) is 11.9 Å². The molecule has 1 amide bonds. The fraction of sp³-hybridized carbons (Fsp3) is 0.533. The number of nitrogens with one attached hydrogen (secondary N) is 1. The third-order valence-electron chi connectivity index (χ3n) is 4.06. The van der Waals surface area contributed by atoms with Crippen LogP contribution in [0.3, 0.4) is 0 Å². The molecule has 1 aromatic carbocycles. The van der Waals surface area contributed by atoms with E-state index in [-0.39, 0.29) is 23.9 Å². The van der Waals surface area contributed by atoms with Gasteiger partial charge in [0.15, 0.2) is 11.6 Å². The smallest absolute Gasteiger partial charge is 0.220 e. The van der Waals surface area contributed by atoms with Gasteiger partial charge in [0.05, 0.1) is 0 Å². The monoisotopic (exact) mass is 282 g/mol. The van der Waals surface area contributed by atoms with Crippen molar-refractivity contribution in [2.45, 2.75) is 44.7 Å². The fourth-order valence-electron chi connectivity index (χ4n) is 2.78. The highest BCUT2D eigenvalue weighted by molar-refractivity contribution is 5.76. The van der Waals surface area contributed by atoms with Crippen molar-refractivity contribution in [3.05, 3.63) is 35.4 Å². The van der Waals surface area contributed by atoms with Crippen molar-refractivity contribution in [3.8, 4) is 0 Å². The van der Waals surface area contributed by atoms with Crippen molar-refractivity contribution in [1.82, 2.24) is 5.32 Å². The molecule has 1 atom stereocenters. The van der Waals surface area contributed by atoms with E-state index in [1.54, 1.807) is 6.07 Å². The van der Waals surface area contributed by atoms with E-state index in [0.29, 0.717) is 0 Å². The molecule has 3 nitrogen and oxygen atoms in total. The number of primary amides is 1. The van der Waals surface area contributed by atoms with Gasteiger partial charge in [-0.3, -0.25) is 4.79 Å². The van der Waals surface area contributed by atoms with E-state index in [0.717, 1.165) is 37.3 Å². The fourth-order valence-corrected chi connectivity index (χ4v) is 2.78. The van der Waals surface area contributed by atoms with E-state index in [1.165, 1.54) is 6.07 Å². The Morgan fingerprint density at radius 3 is 2.45 bits per heavy atom. The van der Waals surface area contributed by atoms with Gasteiger partial charge in [0.1, 0.15) is 0 Å². The number of rotatable bonds is 4. The second kappa shape index (κ2) is 6.31.